The summed E-state index contributed by atoms with van der Waals surface area (Å²) in [6.45, 7) is 4.64. The second kappa shape index (κ2) is 11.4. The van der Waals surface area contributed by atoms with Gasteiger partial charge in [-0.1, -0.05) is 18.2 Å². The van der Waals surface area contributed by atoms with Gasteiger partial charge in [0.2, 0.25) is 0 Å². The lowest BCUT2D eigenvalue weighted by molar-refractivity contribution is -0.357. The predicted octanol–water partition coefficient (Wildman–Crippen LogP) is 3.55. The van der Waals surface area contributed by atoms with Crippen LogP contribution >= 0.6 is 11.6 Å². The van der Waals surface area contributed by atoms with Crippen LogP contribution in [-0.4, -0.2) is 50.8 Å². The number of rotatable bonds is 12. The summed E-state index contributed by atoms with van der Waals surface area (Å²) in [7, 11) is 0. The number of alkyl halides is 3. The molecule has 0 heterocycles. The van der Waals surface area contributed by atoms with E-state index in [-0.39, 0.29) is 42.2 Å². The molecule has 1 aliphatic rings. The second-order valence-corrected chi connectivity index (χ2v) is 7.05. The molecule has 0 spiro atoms. The van der Waals surface area contributed by atoms with Gasteiger partial charge in [0.15, 0.2) is 6.61 Å². The third-order valence-corrected chi connectivity index (χ3v) is 4.50. The third kappa shape index (κ3) is 9.19. The van der Waals surface area contributed by atoms with E-state index in [1.54, 1.807) is 0 Å². The van der Waals surface area contributed by atoms with Crippen LogP contribution in [0.1, 0.15) is 19.3 Å². The maximum atomic E-state index is 13.3. The van der Waals surface area contributed by atoms with Gasteiger partial charge in [-0.05, 0) is 12.1 Å². The minimum Gasteiger partial charge on any atom is -0.484 e. The quantitative estimate of drug-likeness (QED) is 0.373. The van der Waals surface area contributed by atoms with Crippen molar-refractivity contribution in [2.24, 2.45) is 0 Å². The number of hydrogen-bond donors (Lipinski definition) is 2. The van der Waals surface area contributed by atoms with Gasteiger partial charge in [0, 0.05) is 44.1 Å². The minimum atomic E-state index is -4.61. The summed E-state index contributed by atoms with van der Waals surface area (Å²) in [5, 5.41) is 5.62. The molecule has 0 bridgehead atoms. The molecule has 1 aliphatic carbocycles. The zero-order valence-corrected chi connectivity index (χ0v) is 16.8. The van der Waals surface area contributed by atoms with Gasteiger partial charge in [0.1, 0.15) is 11.6 Å². The molecule has 0 unspecified atom stereocenters. The van der Waals surface area contributed by atoms with E-state index in [9.17, 15) is 22.4 Å². The van der Waals surface area contributed by atoms with Crippen molar-refractivity contribution in [3.63, 3.8) is 0 Å². The second-order valence-electron chi connectivity index (χ2n) is 6.64. The van der Waals surface area contributed by atoms with Crippen molar-refractivity contribution in [2.45, 2.75) is 37.8 Å². The number of ether oxygens (including phenoxy) is 3. The van der Waals surface area contributed by atoms with Crippen LogP contribution in [-0.2, 0) is 14.3 Å². The van der Waals surface area contributed by atoms with Gasteiger partial charge in [0.25, 0.3) is 5.91 Å². The first-order valence-corrected chi connectivity index (χ1v) is 9.62. The van der Waals surface area contributed by atoms with Crippen LogP contribution in [0.2, 0.25) is 5.02 Å². The molecule has 1 fully saturated rings. The zero-order valence-electron chi connectivity index (χ0n) is 16.1. The number of hydrogen-bond acceptors (Lipinski definition) is 5. The Morgan fingerprint density at radius 3 is 2.60 bits per heavy atom. The van der Waals surface area contributed by atoms with E-state index < -0.39 is 18.3 Å². The molecule has 168 valence electrons. The third-order valence-electron chi connectivity index (χ3n) is 4.19. The minimum absolute atomic E-state index is 0.0319. The summed E-state index contributed by atoms with van der Waals surface area (Å²) in [6, 6.07) is 3.89. The molecule has 11 heteroatoms. The lowest BCUT2D eigenvalue weighted by Gasteiger charge is -2.35. The normalized spacial score (nSPS) is 18.4. The number of carbonyl (C=O) groups is 1. The van der Waals surface area contributed by atoms with Crippen LogP contribution in [0, 0.1) is 5.82 Å². The molecule has 1 saturated carbocycles. The summed E-state index contributed by atoms with van der Waals surface area (Å²) in [4.78, 5) is 11.7. The summed E-state index contributed by atoms with van der Waals surface area (Å²) in [6.07, 6.45) is -4.77. The Bertz CT molecular complexity index is 727. The van der Waals surface area contributed by atoms with E-state index in [1.165, 1.54) is 12.1 Å². The summed E-state index contributed by atoms with van der Waals surface area (Å²) in [5.74, 6) is -0.810. The van der Waals surface area contributed by atoms with E-state index in [4.69, 9.17) is 21.1 Å². The van der Waals surface area contributed by atoms with Crippen molar-refractivity contribution in [3.05, 3.63) is 41.3 Å². The van der Waals surface area contributed by atoms with Crippen molar-refractivity contribution in [1.29, 1.82) is 0 Å². The largest absolute Gasteiger partial charge is 0.522 e. The monoisotopic (exact) mass is 454 g/mol. The van der Waals surface area contributed by atoms with E-state index in [1.807, 2.05) is 0 Å². The van der Waals surface area contributed by atoms with Crippen LogP contribution in [0.4, 0.5) is 17.6 Å². The molecule has 0 radical (unpaired) electrons. The van der Waals surface area contributed by atoms with E-state index in [0.717, 1.165) is 6.07 Å². The summed E-state index contributed by atoms with van der Waals surface area (Å²) in [5.41, 5.74) is 0.673. The number of benzene rings is 1. The summed E-state index contributed by atoms with van der Waals surface area (Å²) >= 11 is 5.57. The molecule has 6 nitrogen and oxygen atoms in total. The standard InChI is InChI=1S/C19H23ClF4N2O4/c1-12(25-6-7-28-14-8-15(9-14)30-19(22,23)24)4-5-26-18(27)11-29-13-2-3-16(20)17(21)10-13/h2-3,10,14-15,25H,1,4-9,11H2,(H,26,27). The van der Waals surface area contributed by atoms with E-state index in [2.05, 4.69) is 21.9 Å². The average molecular weight is 455 g/mol. The lowest BCUT2D eigenvalue weighted by Crippen LogP contribution is -2.41. The molecule has 2 N–H and O–H groups in total. The van der Waals surface area contributed by atoms with Crippen LogP contribution in [0.25, 0.3) is 0 Å². The SMILES string of the molecule is C=C(CCNC(=O)COc1ccc(Cl)c(F)c1)NCCOC1CC(OC(F)(F)F)C1. The van der Waals surface area contributed by atoms with Gasteiger partial charge in [-0.3, -0.25) is 9.53 Å². The highest BCUT2D eigenvalue weighted by Gasteiger charge is 2.40. The Balaban J connectivity index is 1.46. The smallest absolute Gasteiger partial charge is 0.484 e. The average Bonchev–Trinajstić information content (AvgIpc) is 2.62. The molecular weight excluding hydrogens is 432 g/mol. The fourth-order valence-corrected chi connectivity index (χ4v) is 2.72. The molecular formula is C19H23ClF4N2O4. The number of halogens is 5. The predicted molar refractivity (Wildman–Crippen MR) is 102 cm³/mol. The highest BCUT2D eigenvalue weighted by Crippen LogP contribution is 2.31. The topological polar surface area (TPSA) is 68.8 Å². The van der Waals surface area contributed by atoms with E-state index >= 15 is 0 Å². The molecule has 2 rings (SSSR count). The van der Waals surface area contributed by atoms with Crippen molar-refractivity contribution in [1.82, 2.24) is 10.6 Å². The first-order valence-electron chi connectivity index (χ1n) is 9.24. The van der Waals surface area contributed by atoms with Crippen molar-refractivity contribution >= 4 is 17.5 Å². The van der Waals surface area contributed by atoms with Gasteiger partial charge in [0.05, 0.1) is 23.8 Å². The Morgan fingerprint density at radius 2 is 1.93 bits per heavy atom. The fraction of sp³-hybridized carbons (Fsp3) is 0.526. The van der Waals surface area contributed by atoms with Gasteiger partial charge in [-0.15, -0.1) is 13.2 Å². The first kappa shape index (κ1) is 24.2. The van der Waals surface area contributed by atoms with Gasteiger partial charge in [-0.25, -0.2) is 4.39 Å². The molecule has 0 aliphatic heterocycles. The lowest BCUT2D eigenvalue weighted by atomic mass is 9.92. The zero-order chi connectivity index (χ0) is 22.1. The molecule has 0 aromatic heterocycles. The van der Waals surface area contributed by atoms with Crippen LogP contribution in [0.3, 0.4) is 0 Å². The molecule has 30 heavy (non-hydrogen) atoms. The maximum Gasteiger partial charge on any atom is 0.522 e. The van der Waals surface area contributed by atoms with Crippen LogP contribution in [0.15, 0.2) is 30.5 Å². The van der Waals surface area contributed by atoms with Crippen molar-refractivity contribution < 1.29 is 36.6 Å². The Hall–Kier alpha value is -2.04. The maximum absolute atomic E-state index is 13.3. The Labute approximate surface area is 176 Å². The molecule has 0 saturated heterocycles. The van der Waals surface area contributed by atoms with Gasteiger partial charge in [-0.2, -0.15) is 0 Å². The number of amides is 1. The van der Waals surface area contributed by atoms with Crippen LogP contribution in [0.5, 0.6) is 5.75 Å². The first-order chi connectivity index (χ1) is 14.1. The summed E-state index contributed by atoms with van der Waals surface area (Å²) < 4.78 is 63.8. The van der Waals surface area contributed by atoms with Gasteiger partial charge >= 0.3 is 6.36 Å². The number of nitrogens with one attached hydrogen (secondary N) is 2. The highest BCUT2D eigenvalue weighted by atomic mass is 35.5. The molecule has 1 aromatic rings. The molecule has 0 atom stereocenters. The number of carbonyl (C=O) groups excluding carboxylic acids is 1. The molecule has 1 aromatic carbocycles. The van der Waals surface area contributed by atoms with E-state index in [0.29, 0.717) is 31.8 Å². The van der Waals surface area contributed by atoms with Gasteiger partial charge < -0.3 is 20.1 Å². The van der Waals surface area contributed by atoms with Crippen molar-refractivity contribution in [3.8, 4) is 5.75 Å². The van der Waals surface area contributed by atoms with Crippen LogP contribution < -0.4 is 15.4 Å². The highest BCUT2D eigenvalue weighted by molar-refractivity contribution is 6.30. The fourth-order valence-electron chi connectivity index (χ4n) is 2.60. The Kier molecular flexibility index (Phi) is 9.19. The van der Waals surface area contributed by atoms with Crippen molar-refractivity contribution in [2.75, 3.05) is 26.3 Å². The molecule has 1 amide bonds. The Morgan fingerprint density at radius 1 is 1.20 bits per heavy atom.